The summed E-state index contributed by atoms with van der Waals surface area (Å²) in [5.74, 6) is -4.53. The van der Waals surface area contributed by atoms with Crippen LogP contribution >= 0.6 is 0 Å². The Hall–Kier alpha value is -10.3. The van der Waals surface area contributed by atoms with Gasteiger partial charge >= 0.3 is 12.1 Å². The molecule has 0 saturated heterocycles. The van der Waals surface area contributed by atoms with Crippen molar-refractivity contribution < 1.29 is 66.9 Å². The lowest BCUT2D eigenvalue weighted by molar-refractivity contribution is -0.121. The Morgan fingerprint density at radius 1 is 0.404 bits per heavy atom. The first-order valence-corrected chi connectivity index (χ1v) is 28.3. The third kappa shape index (κ3) is 23.5. The molecular weight excluding hydrogens is 1150 g/mol. The highest BCUT2D eigenvalue weighted by molar-refractivity contribution is 6.04. The average molecular weight is 1240 g/mol. The number of aliphatic imine (C=N–C) groups is 2. The second-order valence-electron chi connectivity index (χ2n) is 20.5. The van der Waals surface area contributed by atoms with E-state index in [9.17, 15) is 47.9 Å². The second-order valence-corrected chi connectivity index (χ2v) is 20.5. The number of benzene rings is 4. The summed E-state index contributed by atoms with van der Waals surface area (Å²) >= 11 is 0. The lowest BCUT2D eigenvalue weighted by Crippen LogP contribution is -2.43. The van der Waals surface area contributed by atoms with Gasteiger partial charge in [0, 0.05) is 51.9 Å². The highest BCUT2D eigenvalue weighted by Crippen LogP contribution is 2.26. The topological polar surface area (TPSA) is 501 Å². The van der Waals surface area contributed by atoms with Gasteiger partial charge in [-0.3, -0.25) is 48.3 Å². The van der Waals surface area contributed by atoms with Crippen LogP contribution in [-0.4, -0.2) is 150 Å². The third-order valence-electron chi connectivity index (χ3n) is 13.9. The number of nitrogens with two attached hydrogens (primary N) is 8. The zero-order valence-corrected chi connectivity index (χ0v) is 50.3. The monoisotopic (exact) mass is 1240 g/mol. The summed E-state index contributed by atoms with van der Waals surface area (Å²) in [6, 6.07) is 11.9. The number of guanidine groups is 2. The summed E-state index contributed by atoms with van der Waals surface area (Å²) in [4.78, 5) is 142. The second kappa shape index (κ2) is 36.0. The van der Waals surface area contributed by atoms with Crippen LogP contribution in [0.5, 0.6) is 23.0 Å². The van der Waals surface area contributed by atoms with Gasteiger partial charge in [0.2, 0.25) is 0 Å². The fraction of sp³-hybridized carbons (Fsp3) is 0.400. The molecule has 0 bridgehead atoms. The van der Waals surface area contributed by atoms with E-state index in [0.29, 0.717) is 41.6 Å². The number of Topliss-reactive ketones (excluding diaryl/α,β-unsaturated/α-hetero) is 4. The normalized spacial score (nSPS) is 12.1. The predicted molar refractivity (Wildman–Crippen MR) is 331 cm³/mol. The van der Waals surface area contributed by atoms with E-state index in [2.05, 4.69) is 36.6 Å². The maximum atomic E-state index is 14.4. The van der Waals surface area contributed by atoms with E-state index in [-0.39, 0.29) is 147 Å². The number of nitrogens with one attached hydrogen (secondary N) is 5. The van der Waals surface area contributed by atoms with Gasteiger partial charge in [-0.1, -0.05) is 24.3 Å². The van der Waals surface area contributed by atoms with Crippen LogP contribution in [0.4, 0.5) is 9.59 Å². The van der Waals surface area contributed by atoms with Crippen LogP contribution in [0.1, 0.15) is 115 Å². The van der Waals surface area contributed by atoms with Gasteiger partial charge in [0.1, 0.15) is 23.0 Å². The van der Waals surface area contributed by atoms with Crippen LogP contribution in [-0.2, 0) is 44.9 Å². The smallest absolute Gasteiger partial charge is 0.312 e. The molecule has 0 unspecified atom stereocenters. The largest absolute Gasteiger partial charge is 0.496 e. The summed E-state index contributed by atoms with van der Waals surface area (Å²) in [5, 5.41) is 13.2. The number of nitrogens with zero attached hydrogens (tertiary/aromatic N) is 2. The van der Waals surface area contributed by atoms with Crippen molar-refractivity contribution in [3.05, 3.63) is 117 Å². The lowest BCUT2D eigenvalue weighted by Gasteiger charge is -2.21. The number of primary amides is 3. The van der Waals surface area contributed by atoms with E-state index in [1.54, 1.807) is 18.2 Å². The van der Waals surface area contributed by atoms with Gasteiger partial charge in [-0.2, -0.15) is 0 Å². The average Bonchev–Trinajstić information content (AvgIpc) is 2.33. The van der Waals surface area contributed by atoms with Crippen molar-refractivity contribution in [1.29, 1.82) is 0 Å². The van der Waals surface area contributed by atoms with E-state index >= 15 is 0 Å². The Morgan fingerprint density at radius 2 is 0.697 bits per heavy atom. The van der Waals surface area contributed by atoms with Gasteiger partial charge in [-0.25, -0.2) is 9.59 Å². The molecule has 0 saturated carbocycles. The zero-order valence-electron chi connectivity index (χ0n) is 50.3. The van der Waals surface area contributed by atoms with E-state index in [0.717, 1.165) is 0 Å². The first-order chi connectivity index (χ1) is 42.4. The fourth-order valence-corrected chi connectivity index (χ4v) is 9.36. The van der Waals surface area contributed by atoms with Gasteiger partial charge < -0.3 is 91.4 Å². The highest BCUT2D eigenvalue weighted by Gasteiger charge is 2.29. The molecule has 0 aromatic heterocycles. The first kappa shape index (κ1) is 71.2. The number of hydrogen-bond donors (Lipinski definition) is 13. The molecule has 0 aliphatic rings. The van der Waals surface area contributed by atoms with Crippen LogP contribution in [0.2, 0.25) is 0 Å². The molecule has 0 radical (unpaired) electrons. The molecule has 4 atom stereocenters. The van der Waals surface area contributed by atoms with Gasteiger partial charge in [0.25, 0.3) is 23.6 Å². The molecule has 0 fully saturated rings. The zero-order chi connectivity index (χ0) is 65.7. The lowest BCUT2D eigenvalue weighted by atomic mass is 9.96. The standard InChI is InChI=1S/C60H81N15O14/c1-86-49-17-13-33(25-37(49)53(62)80)30-46(77)43(11-7-23-71-59(67)84)74-55(82)39-28-36(16-20-51(39)88-3)32-48(79)44(12-8-24-72-60(68)85)75-56(83)40-27-35(15-19-52(40)89-4)31-47(78)42(10-6-22-70-58(65)66)73-54(81)38-26-34(14-18-50(38)87-2)29-45(76)41(61)9-5-21-69-57(63)64/h13-20,25-28,41-44H,5-12,21-24,29-32,61H2,1-4H3,(H2,62,80)(H,73,81)(H,74,82)(H,75,83)(H4,63,64,69)(H4,65,66,70)(H3,67,71,84)(H3,68,72,85)/t41-,42-,43-,44-/m1/s1. The van der Waals surface area contributed by atoms with E-state index in [1.807, 2.05) is 0 Å². The number of rotatable bonds is 39. The molecule has 4 aromatic carbocycles. The number of amides is 8. The quantitative estimate of drug-likeness (QED) is 0.0159. The number of hydrogen-bond acceptors (Lipinski definition) is 17. The van der Waals surface area contributed by atoms with E-state index < -0.39 is 77.2 Å². The van der Waals surface area contributed by atoms with Gasteiger partial charge in [0.15, 0.2) is 35.1 Å². The summed E-state index contributed by atoms with van der Waals surface area (Å²) in [6.07, 6.45) is 0.469. The molecule has 29 nitrogen and oxygen atoms in total. The number of urea groups is 2. The minimum atomic E-state index is -1.23. The minimum absolute atomic E-state index is 0.0149. The van der Waals surface area contributed by atoms with Crippen LogP contribution in [0.3, 0.4) is 0 Å². The Morgan fingerprint density at radius 3 is 1.00 bits per heavy atom. The van der Waals surface area contributed by atoms with E-state index in [1.165, 1.54) is 83.0 Å². The first-order valence-electron chi connectivity index (χ1n) is 28.3. The maximum Gasteiger partial charge on any atom is 0.312 e. The molecule has 29 heteroatoms. The molecule has 0 spiro atoms. The number of carbonyl (C=O) groups is 10. The molecular formula is C60H81N15O14. The summed E-state index contributed by atoms with van der Waals surface area (Å²) in [7, 11) is 5.36. The molecule has 480 valence electrons. The molecule has 0 aliphatic heterocycles. The fourth-order valence-electron chi connectivity index (χ4n) is 9.36. The molecule has 0 aliphatic carbocycles. The Kier molecular flexibility index (Phi) is 28.8. The van der Waals surface area contributed by atoms with Crippen molar-refractivity contribution in [3.8, 4) is 23.0 Å². The highest BCUT2D eigenvalue weighted by atomic mass is 16.5. The van der Waals surface area contributed by atoms with Crippen molar-refractivity contribution in [3.63, 3.8) is 0 Å². The van der Waals surface area contributed by atoms with Crippen molar-refractivity contribution in [2.24, 2.45) is 55.9 Å². The van der Waals surface area contributed by atoms with E-state index in [4.69, 9.17) is 64.8 Å². The Labute approximate surface area is 514 Å². The number of methoxy groups -OCH3 is 4. The van der Waals surface area contributed by atoms with Crippen LogP contribution in [0.25, 0.3) is 0 Å². The van der Waals surface area contributed by atoms with Crippen molar-refractivity contribution in [2.75, 3.05) is 54.6 Å². The molecule has 21 N–H and O–H groups in total. The number of carbonyl (C=O) groups excluding carboxylic acids is 10. The van der Waals surface area contributed by atoms with Crippen LogP contribution < -0.4 is 91.4 Å². The summed E-state index contributed by atoms with van der Waals surface area (Å²) < 4.78 is 21.8. The van der Waals surface area contributed by atoms with Gasteiger partial charge in [-0.15, -0.1) is 0 Å². The number of ketones is 4. The minimum Gasteiger partial charge on any atom is -0.496 e. The SMILES string of the molecule is COc1ccc(CC(=O)[C@@H](CCCNC(N)=O)NC(=O)c2cc(CC(=O)[C@@H](CCCNC(N)=O)NC(=O)c3cc(CC(=O)[C@@H](CCCN=C(N)N)NC(=O)c4cc(CC(=O)[C@H](N)CCCN=C(N)N)ccc4OC)ccc3OC)ccc2OC)cc1C(N)=O. The Bertz CT molecular complexity index is 3260. The molecule has 0 heterocycles. The van der Waals surface area contributed by atoms with Crippen LogP contribution in [0, 0.1) is 0 Å². The number of ether oxygens (including phenoxy) is 4. The summed E-state index contributed by atoms with van der Waals surface area (Å²) in [5.41, 5.74) is 45.5. The molecule has 89 heavy (non-hydrogen) atoms. The molecule has 4 rings (SSSR count). The third-order valence-corrected chi connectivity index (χ3v) is 13.9. The predicted octanol–water partition coefficient (Wildman–Crippen LogP) is -0.00640. The summed E-state index contributed by atoms with van der Waals surface area (Å²) in [6.45, 7) is 0.522. The van der Waals surface area contributed by atoms with Gasteiger partial charge in [0.05, 0.1) is 74.9 Å². The van der Waals surface area contributed by atoms with Crippen molar-refractivity contribution in [2.45, 2.75) is 101 Å². The molecule has 8 amide bonds. The molecule has 4 aromatic rings. The van der Waals surface area contributed by atoms with Gasteiger partial charge in [-0.05, 0) is 122 Å². The van der Waals surface area contributed by atoms with Crippen molar-refractivity contribution >= 4 is 70.7 Å². The Balaban J connectivity index is 1.60. The maximum absolute atomic E-state index is 14.4. The van der Waals surface area contributed by atoms with Crippen LogP contribution in [0.15, 0.2) is 82.8 Å². The van der Waals surface area contributed by atoms with Crippen molar-refractivity contribution in [1.82, 2.24) is 26.6 Å².